The minimum Gasteiger partial charge on any atom is -0.494 e. The molecule has 0 heterocycles. The number of hydrogen-bond acceptors (Lipinski definition) is 3. The van der Waals surface area contributed by atoms with Crippen molar-refractivity contribution in [2.24, 2.45) is 17.8 Å². The third-order valence-corrected chi connectivity index (χ3v) is 3.87. The first-order valence-electron chi connectivity index (χ1n) is 6.79. The molecule has 6 heteroatoms. The zero-order valence-corrected chi connectivity index (χ0v) is 11.9. The molecule has 2 rings (SSSR count). The Hall–Kier alpha value is -2.11. The fourth-order valence-electron chi connectivity index (χ4n) is 2.83. The number of carbonyl (C=O) groups is 2. The van der Waals surface area contributed by atoms with Gasteiger partial charge in [-0.25, -0.2) is 4.39 Å². The van der Waals surface area contributed by atoms with Crippen LogP contribution in [-0.4, -0.2) is 24.1 Å². The minimum atomic E-state index is -0.948. The number of amides is 1. The molecule has 3 atom stereocenters. The molecule has 0 aliphatic heterocycles. The molecule has 1 aliphatic carbocycles. The van der Waals surface area contributed by atoms with Gasteiger partial charge in [0, 0.05) is 11.8 Å². The predicted molar refractivity (Wildman–Crippen MR) is 74.6 cm³/mol. The molecule has 21 heavy (non-hydrogen) atoms. The van der Waals surface area contributed by atoms with Gasteiger partial charge in [0.05, 0.1) is 18.9 Å². The summed E-state index contributed by atoms with van der Waals surface area (Å²) in [5, 5.41) is 11.8. The highest BCUT2D eigenvalue weighted by Gasteiger charge is 2.41. The maximum Gasteiger partial charge on any atom is 0.307 e. The highest BCUT2D eigenvalue weighted by molar-refractivity contribution is 5.95. The van der Waals surface area contributed by atoms with Gasteiger partial charge in [-0.05, 0) is 30.9 Å². The van der Waals surface area contributed by atoms with Crippen molar-refractivity contribution in [3.63, 3.8) is 0 Å². The Morgan fingerprint density at radius 3 is 2.62 bits per heavy atom. The first-order valence-corrected chi connectivity index (χ1v) is 6.79. The molecule has 5 nitrogen and oxygen atoms in total. The predicted octanol–water partition coefficient (Wildman–Crippen LogP) is 2.52. The van der Waals surface area contributed by atoms with Crippen LogP contribution in [-0.2, 0) is 9.59 Å². The molecular weight excluding hydrogens is 277 g/mol. The van der Waals surface area contributed by atoms with Crippen LogP contribution in [0.15, 0.2) is 18.2 Å². The summed E-state index contributed by atoms with van der Waals surface area (Å²) in [6.45, 7) is 1.93. The number of anilines is 1. The molecule has 1 saturated carbocycles. The SMILES string of the molecule is COc1cc(NC(=O)C2CC(C)CC2C(=O)O)ccc1F. The molecule has 0 radical (unpaired) electrons. The van der Waals surface area contributed by atoms with E-state index in [0.29, 0.717) is 18.5 Å². The summed E-state index contributed by atoms with van der Waals surface area (Å²) in [6.07, 6.45) is 1.04. The molecule has 0 spiro atoms. The summed E-state index contributed by atoms with van der Waals surface area (Å²) in [6, 6.07) is 3.99. The monoisotopic (exact) mass is 295 g/mol. The van der Waals surface area contributed by atoms with Crippen molar-refractivity contribution in [2.75, 3.05) is 12.4 Å². The normalized spacial score (nSPS) is 24.6. The van der Waals surface area contributed by atoms with Crippen LogP contribution >= 0.6 is 0 Å². The third kappa shape index (κ3) is 3.32. The van der Waals surface area contributed by atoms with Gasteiger partial charge in [-0.1, -0.05) is 6.92 Å². The molecular formula is C15H18FNO4. The van der Waals surface area contributed by atoms with E-state index in [1.54, 1.807) is 0 Å². The number of rotatable bonds is 4. The number of nitrogens with one attached hydrogen (secondary N) is 1. The summed E-state index contributed by atoms with van der Waals surface area (Å²) in [4.78, 5) is 23.5. The number of methoxy groups -OCH3 is 1. The van der Waals surface area contributed by atoms with Crippen molar-refractivity contribution in [1.29, 1.82) is 0 Å². The maximum atomic E-state index is 13.3. The van der Waals surface area contributed by atoms with Crippen molar-refractivity contribution >= 4 is 17.6 Å². The minimum absolute atomic E-state index is 0.0300. The molecule has 1 aromatic rings. The first-order chi connectivity index (χ1) is 9.92. The van der Waals surface area contributed by atoms with Crippen LogP contribution < -0.4 is 10.1 Å². The molecule has 3 unspecified atom stereocenters. The quantitative estimate of drug-likeness (QED) is 0.895. The Bertz CT molecular complexity index is 561. The van der Waals surface area contributed by atoms with Gasteiger partial charge >= 0.3 is 5.97 Å². The summed E-state index contributed by atoms with van der Waals surface area (Å²) >= 11 is 0. The highest BCUT2D eigenvalue weighted by Crippen LogP contribution is 2.37. The van der Waals surface area contributed by atoms with Gasteiger partial charge in [-0.15, -0.1) is 0 Å². The van der Waals surface area contributed by atoms with Crippen LogP contribution in [0, 0.1) is 23.6 Å². The van der Waals surface area contributed by atoms with Crippen LogP contribution in [0.4, 0.5) is 10.1 Å². The molecule has 114 valence electrons. The average Bonchev–Trinajstić information content (AvgIpc) is 2.83. The second-order valence-corrected chi connectivity index (χ2v) is 5.47. The largest absolute Gasteiger partial charge is 0.494 e. The molecule has 2 N–H and O–H groups in total. The van der Waals surface area contributed by atoms with Crippen LogP contribution in [0.5, 0.6) is 5.75 Å². The summed E-state index contributed by atoms with van der Waals surface area (Å²) in [5.74, 6) is -2.81. The zero-order chi connectivity index (χ0) is 15.6. The van der Waals surface area contributed by atoms with E-state index in [0.717, 1.165) is 0 Å². The third-order valence-electron chi connectivity index (χ3n) is 3.87. The maximum absolute atomic E-state index is 13.3. The van der Waals surface area contributed by atoms with Gasteiger partial charge in [0.2, 0.25) is 5.91 Å². The van der Waals surface area contributed by atoms with Crippen molar-refractivity contribution in [3.05, 3.63) is 24.0 Å². The number of carbonyl (C=O) groups excluding carboxylic acids is 1. The van der Waals surface area contributed by atoms with Gasteiger partial charge in [-0.3, -0.25) is 9.59 Å². The molecule has 1 amide bonds. The number of aliphatic carboxylic acids is 1. The number of benzene rings is 1. The number of hydrogen-bond donors (Lipinski definition) is 2. The van der Waals surface area contributed by atoms with Gasteiger partial charge in [0.15, 0.2) is 11.6 Å². The van der Waals surface area contributed by atoms with Crippen LogP contribution in [0.25, 0.3) is 0 Å². The van der Waals surface area contributed by atoms with Gasteiger partial charge in [0.25, 0.3) is 0 Å². The van der Waals surface area contributed by atoms with Gasteiger partial charge < -0.3 is 15.2 Å². The highest BCUT2D eigenvalue weighted by atomic mass is 19.1. The number of carboxylic acids is 1. The topological polar surface area (TPSA) is 75.6 Å². The number of halogens is 1. The molecule has 1 aromatic carbocycles. The molecule has 0 saturated heterocycles. The second kappa shape index (κ2) is 6.11. The smallest absolute Gasteiger partial charge is 0.307 e. The standard InChI is InChI=1S/C15H18FNO4/c1-8-5-10(11(6-8)15(19)20)14(18)17-9-3-4-12(16)13(7-9)21-2/h3-4,7-8,10-11H,5-6H2,1-2H3,(H,17,18)(H,19,20). The lowest BCUT2D eigenvalue weighted by atomic mass is 9.95. The van der Waals surface area contributed by atoms with Crippen molar-refractivity contribution in [1.82, 2.24) is 0 Å². The van der Waals surface area contributed by atoms with E-state index in [4.69, 9.17) is 4.74 Å². The lowest BCUT2D eigenvalue weighted by molar-refractivity contribution is -0.145. The summed E-state index contributed by atoms with van der Waals surface area (Å²) in [5.41, 5.74) is 0.391. The van der Waals surface area contributed by atoms with Crippen molar-refractivity contribution < 1.29 is 23.8 Å². The van der Waals surface area contributed by atoms with Crippen LogP contribution in [0.1, 0.15) is 19.8 Å². The van der Waals surface area contributed by atoms with E-state index in [1.807, 2.05) is 6.92 Å². The number of ether oxygens (including phenoxy) is 1. The van der Waals surface area contributed by atoms with Crippen LogP contribution in [0.2, 0.25) is 0 Å². The molecule has 1 fully saturated rings. The van der Waals surface area contributed by atoms with Crippen molar-refractivity contribution in [2.45, 2.75) is 19.8 Å². The van der Waals surface area contributed by atoms with E-state index in [-0.39, 0.29) is 17.6 Å². The zero-order valence-electron chi connectivity index (χ0n) is 11.9. The lowest BCUT2D eigenvalue weighted by Crippen LogP contribution is -2.30. The fraction of sp³-hybridized carbons (Fsp3) is 0.467. The Morgan fingerprint density at radius 2 is 2.00 bits per heavy atom. The molecule has 1 aliphatic rings. The van der Waals surface area contributed by atoms with Crippen LogP contribution in [0.3, 0.4) is 0 Å². The molecule has 0 aromatic heterocycles. The Kier molecular flexibility index (Phi) is 4.45. The Balaban J connectivity index is 2.12. The van der Waals surface area contributed by atoms with E-state index >= 15 is 0 Å². The van der Waals surface area contributed by atoms with Gasteiger partial charge in [0.1, 0.15) is 0 Å². The van der Waals surface area contributed by atoms with E-state index in [2.05, 4.69) is 5.32 Å². The Labute approximate surface area is 122 Å². The summed E-state index contributed by atoms with van der Waals surface area (Å²) < 4.78 is 18.2. The van der Waals surface area contributed by atoms with Gasteiger partial charge in [-0.2, -0.15) is 0 Å². The fourth-order valence-corrected chi connectivity index (χ4v) is 2.83. The Morgan fingerprint density at radius 1 is 1.33 bits per heavy atom. The van der Waals surface area contributed by atoms with E-state index < -0.39 is 23.6 Å². The van der Waals surface area contributed by atoms with E-state index in [9.17, 15) is 19.1 Å². The average molecular weight is 295 g/mol. The first kappa shape index (κ1) is 15.3. The van der Waals surface area contributed by atoms with Crippen molar-refractivity contribution in [3.8, 4) is 5.75 Å². The second-order valence-electron chi connectivity index (χ2n) is 5.47. The molecule has 0 bridgehead atoms. The van der Waals surface area contributed by atoms with E-state index in [1.165, 1.54) is 25.3 Å². The number of carboxylic acid groups (broad SMARTS) is 1. The summed E-state index contributed by atoms with van der Waals surface area (Å²) in [7, 11) is 1.34. The lowest BCUT2D eigenvalue weighted by Gasteiger charge is -2.16.